The van der Waals surface area contributed by atoms with E-state index in [1.54, 1.807) is 12.3 Å². The van der Waals surface area contributed by atoms with Crippen molar-refractivity contribution in [1.82, 2.24) is 14.9 Å². The number of anilines is 2. The van der Waals surface area contributed by atoms with E-state index < -0.39 is 14.8 Å². The summed E-state index contributed by atoms with van der Waals surface area (Å²) in [7, 11) is -2.80. The van der Waals surface area contributed by atoms with Crippen LogP contribution in [0.15, 0.2) is 33.5 Å². The normalized spacial score (nSPS) is 15.7. The number of aromatic nitrogens is 2. The van der Waals surface area contributed by atoms with Crippen molar-refractivity contribution in [1.29, 1.82) is 0 Å². The van der Waals surface area contributed by atoms with Crippen molar-refractivity contribution in [3.63, 3.8) is 0 Å². The average Bonchev–Trinajstić information content (AvgIpc) is 2.67. The number of nitrogens with one attached hydrogen (secondary N) is 1. The Labute approximate surface area is 195 Å². The maximum Gasteiger partial charge on any atom is 0.307 e. The Kier molecular flexibility index (Phi) is 9.22. The predicted molar refractivity (Wildman–Crippen MR) is 124 cm³/mol. The molecule has 0 aliphatic carbocycles. The van der Waals surface area contributed by atoms with Crippen molar-refractivity contribution < 1.29 is 13.3 Å². The monoisotopic (exact) mass is 584 g/mol. The lowest BCUT2D eigenvalue weighted by Gasteiger charge is -2.26. The molecule has 3 rings (SSSR count). The van der Waals surface area contributed by atoms with Crippen LogP contribution in [0.3, 0.4) is 0 Å². The third-order valence-electron chi connectivity index (χ3n) is 4.03. The molecule has 2 aromatic rings. The summed E-state index contributed by atoms with van der Waals surface area (Å²) < 4.78 is 24.0. The van der Waals surface area contributed by atoms with Crippen molar-refractivity contribution in [3.8, 4) is 0 Å². The second-order valence-electron chi connectivity index (χ2n) is 6.23. The largest absolute Gasteiger partial charge is 0.396 e. The Morgan fingerprint density at radius 3 is 2.37 bits per heavy atom. The van der Waals surface area contributed by atoms with Gasteiger partial charge in [-0.05, 0) is 37.9 Å². The fourth-order valence-corrected chi connectivity index (χ4v) is 4.57. The zero-order valence-electron chi connectivity index (χ0n) is 15.6. The first kappa shape index (κ1) is 24.7. The summed E-state index contributed by atoms with van der Waals surface area (Å²) in [6.45, 7) is 2.69. The Balaban J connectivity index is 0.000000248. The molecule has 10 nitrogen and oxygen atoms in total. The van der Waals surface area contributed by atoms with Gasteiger partial charge in [-0.15, -0.1) is 0 Å². The molecule has 1 aliphatic rings. The van der Waals surface area contributed by atoms with Crippen LogP contribution in [0.25, 0.3) is 0 Å². The third-order valence-corrected chi connectivity index (χ3v) is 6.79. The lowest BCUT2D eigenvalue weighted by Crippen LogP contribution is -2.42. The lowest BCUT2D eigenvalue weighted by atomic mass is 10.4. The molecule has 0 atom stereocenters. The van der Waals surface area contributed by atoms with E-state index in [-0.39, 0.29) is 22.3 Å². The number of halogens is 3. The molecule has 0 aromatic carbocycles. The van der Waals surface area contributed by atoms with Crippen LogP contribution in [0.4, 0.5) is 17.2 Å². The molecule has 0 radical (unpaired) electrons. The summed E-state index contributed by atoms with van der Waals surface area (Å²) in [6, 6.07) is 3.10. The second-order valence-corrected chi connectivity index (χ2v) is 10.7. The van der Waals surface area contributed by atoms with E-state index in [0.717, 1.165) is 11.0 Å². The summed E-state index contributed by atoms with van der Waals surface area (Å²) in [5.74, 6) is 1.17. The highest BCUT2D eigenvalue weighted by molar-refractivity contribution is 9.10. The van der Waals surface area contributed by atoms with E-state index in [1.807, 2.05) is 0 Å². The zero-order valence-corrected chi connectivity index (χ0v) is 20.3. The van der Waals surface area contributed by atoms with Gasteiger partial charge in [0, 0.05) is 53.6 Å². The van der Waals surface area contributed by atoms with Crippen LogP contribution in [0.1, 0.15) is 0 Å². The van der Waals surface area contributed by atoms with Gasteiger partial charge < -0.3 is 11.1 Å². The molecule has 14 heteroatoms. The molecule has 1 saturated heterocycles. The molecule has 0 bridgehead atoms. The minimum Gasteiger partial charge on any atom is -0.396 e. The Bertz CT molecular complexity index is 997. The molecule has 3 N–H and O–H groups in total. The van der Waals surface area contributed by atoms with Crippen LogP contribution >= 0.6 is 43.5 Å². The van der Waals surface area contributed by atoms with Gasteiger partial charge in [-0.1, -0.05) is 11.6 Å². The van der Waals surface area contributed by atoms with Gasteiger partial charge in [-0.3, -0.25) is 15.0 Å². The van der Waals surface area contributed by atoms with Crippen LogP contribution in [-0.2, 0) is 9.84 Å². The summed E-state index contributed by atoms with van der Waals surface area (Å²) >= 11 is 11.8. The van der Waals surface area contributed by atoms with Crippen molar-refractivity contribution in [3.05, 3.63) is 48.7 Å². The average molecular weight is 587 g/mol. The van der Waals surface area contributed by atoms with Crippen molar-refractivity contribution in [2.75, 3.05) is 48.7 Å². The smallest absolute Gasteiger partial charge is 0.307 e. The number of pyridine rings is 2. The van der Waals surface area contributed by atoms with E-state index in [4.69, 9.17) is 17.3 Å². The number of rotatable bonds is 5. The van der Waals surface area contributed by atoms with Crippen LogP contribution < -0.4 is 11.1 Å². The molecule has 0 saturated carbocycles. The first-order chi connectivity index (χ1) is 14.1. The van der Waals surface area contributed by atoms with Crippen molar-refractivity contribution >= 4 is 70.5 Å². The van der Waals surface area contributed by atoms with Gasteiger partial charge in [-0.2, -0.15) is 0 Å². The first-order valence-electron chi connectivity index (χ1n) is 8.60. The van der Waals surface area contributed by atoms with Gasteiger partial charge in [0.25, 0.3) is 0 Å². The summed E-state index contributed by atoms with van der Waals surface area (Å²) in [6.07, 6.45) is 3.08. The Morgan fingerprint density at radius 1 is 1.20 bits per heavy atom. The molecule has 30 heavy (non-hydrogen) atoms. The highest BCUT2D eigenvalue weighted by Gasteiger charge is 2.20. The fourth-order valence-electron chi connectivity index (χ4n) is 2.45. The van der Waals surface area contributed by atoms with E-state index in [1.165, 1.54) is 12.3 Å². The SMILES string of the molecule is Nc1cc(Br)cnc1NCCN1CCS(=O)(=O)CC1.O=[N+]([O-])c1cc(Br)cnc1Cl. The van der Waals surface area contributed by atoms with Gasteiger partial charge in [0.15, 0.2) is 9.84 Å². The zero-order chi connectivity index (χ0) is 22.3. The van der Waals surface area contributed by atoms with E-state index >= 15 is 0 Å². The highest BCUT2D eigenvalue weighted by atomic mass is 79.9. The third kappa shape index (κ3) is 7.95. The van der Waals surface area contributed by atoms with Gasteiger partial charge in [0.2, 0.25) is 5.15 Å². The molecule has 0 unspecified atom stereocenters. The molecular weight excluding hydrogens is 568 g/mol. The number of hydrogen-bond donors (Lipinski definition) is 2. The number of nitrogen functional groups attached to an aromatic ring is 1. The minimum absolute atomic E-state index is 0.0989. The fraction of sp³-hybridized carbons (Fsp3) is 0.375. The lowest BCUT2D eigenvalue weighted by molar-refractivity contribution is -0.385. The molecule has 164 valence electrons. The predicted octanol–water partition coefficient (Wildman–Crippen LogP) is 2.97. The second kappa shape index (κ2) is 11.2. The standard InChI is InChI=1S/C11H17BrN4O2S.C5H2BrClN2O2/c12-9-7-10(13)11(15-8-9)14-1-2-16-3-5-19(17,18)6-4-16;6-3-1-4(9(10)11)5(7)8-2-3/h7-8H,1-6,13H2,(H,14,15);1-2H. The summed E-state index contributed by atoms with van der Waals surface area (Å²) in [5.41, 5.74) is 6.23. The van der Waals surface area contributed by atoms with Crippen LogP contribution in [0.2, 0.25) is 5.15 Å². The number of nitrogens with two attached hydrogens (primary N) is 1. The van der Waals surface area contributed by atoms with Gasteiger partial charge in [-0.25, -0.2) is 18.4 Å². The summed E-state index contributed by atoms with van der Waals surface area (Å²) in [5, 5.41) is 13.3. The topological polar surface area (TPSA) is 144 Å². The molecule has 2 aromatic heterocycles. The van der Waals surface area contributed by atoms with E-state index in [2.05, 4.69) is 52.0 Å². The number of sulfone groups is 1. The van der Waals surface area contributed by atoms with Crippen LogP contribution in [0.5, 0.6) is 0 Å². The number of nitro groups is 1. The Morgan fingerprint density at radius 2 is 1.80 bits per heavy atom. The van der Waals surface area contributed by atoms with Gasteiger partial charge >= 0.3 is 5.69 Å². The molecule has 0 spiro atoms. The summed E-state index contributed by atoms with van der Waals surface area (Å²) in [4.78, 5) is 19.5. The van der Waals surface area contributed by atoms with E-state index in [0.29, 0.717) is 35.6 Å². The Hall–Kier alpha value is -1.54. The quantitative estimate of drug-likeness (QED) is 0.307. The van der Waals surface area contributed by atoms with Crippen molar-refractivity contribution in [2.24, 2.45) is 0 Å². The first-order valence-corrected chi connectivity index (χ1v) is 12.4. The molecule has 3 heterocycles. The number of nitrogens with zero attached hydrogens (tertiary/aromatic N) is 4. The highest BCUT2D eigenvalue weighted by Crippen LogP contribution is 2.24. The van der Waals surface area contributed by atoms with Crippen molar-refractivity contribution in [2.45, 2.75) is 0 Å². The maximum absolute atomic E-state index is 11.3. The molecular formula is C16H19Br2ClN6O4S. The van der Waals surface area contributed by atoms with Gasteiger partial charge in [0.05, 0.1) is 22.1 Å². The van der Waals surface area contributed by atoms with Crippen LogP contribution in [-0.4, -0.2) is 65.9 Å². The maximum atomic E-state index is 11.3. The minimum atomic E-state index is -2.80. The van der Waals surface area contributed by atoms with Gasteiger partial charge in [0.1, 0.15) is 5.82 Å². The molecule has 0 amide bonds. The molecule has 1 fully saturated rings. The number of hydrogen-bond acceptors (Lipinski definition) is 9. The van der Waals surface area contributed by atoms with Crippen LogP contribution in [0, 0.1) is 10.1 Å². The molecule has 1 aliphatic heterocycles. The van der Waals surface area contributed by atoms with E-state index in [9.17, 15) is 18.5 Å².